The predicted octanol–water partition coefficient (Wildman–Crippen LogP) is 2.88. The van der Waals surface area contributed by atoms with Crippen LogP contribution in [0.25, 0.3) is 0 Å². The van der Waals surface area contributed by atoms with Crippen LogP contribution in [0.1, 0.15) is 35.7 Å². The Morgan fingerprint density at radius 1 is 1.14 bits per heavy atom. The molecule has 2 aromatic rings. The minimum Gasteiger partial charge on any atom is -0.479 e. The molecule has 7 heteroatoms. The SMILES string of the molecule is C[C@@H](Oc1ccc(C#N)cc1)C(=O)OCC(=O)c1ccc(N2CCCC2=O)cc1. The highest BCUT2D eigenvalue weighted by Gasteiger charge is 2.22. The Morgan fingerprint density at radius 2 is 1.83 bits per heavy atom. The lowest BCUT2D eigenvalue weighted by Gasteiger charge is -2.16. The Balaban J connectivity index is 1.50. The number of rotatable bonds is 7. The normalized spacial score (nSPS) is 14.2. The van der Waals surface area contributed by atoms with E-state index in [1.54, 1.807) is 53.4 Å². The van der Waals surface area contributed by atoms with Crippen LogP contribution in [-0.2, 0) is 14.3 Å². The number of hydrogen-bond donors (Lipinski definition) is 0. The van der Waals surface area contributed by atoms with E-state index in [9.17, 15) is 14.4 Å². The van der Waals surface area contributed by atoms with E-state index in [1.807, 2.05) is 6.07 Å². The van der Waals surface area contributed by atoms with Crippen molar-refractivity contribution in [2.45, 2.75) is 25.9 Å². The van der Waals surface area contributed by atoms with Crippen LogP contribution < -0.4 is 9.64 Å². The number of amides is 1. The highest BCUT2D eigenvalue weighted by Crippen LogP contribution is 2.21. The first-order valence-electron chi connectivity index (χ1n) is 9.25. The quantitative estimate of drug-likeness (QED) is 0.531. The van der Waals surface area contributed by atoms with E-state index >= 15 is 0 Å². The molecule has 0 aliphatic carbocycles. The van der Waals surface area contributed by atoms with Crippen molar-refractivity contribution < 1.29 is 23.9 Å². The number of carbonyl (C=O) groups excluding carboxylic acids is 3. The lowest BCUT2D eigenvalue weighted by Crippen LogP contribution is -2.28. The maximum Gasteiger partial charge on any atom is 0.347 e. The van der Waals surface area contributed by atoms with E-state index in [1.165, 1.54) is 6.92 Å². The summed E-state index contributed by atoms with van der Waals surface area (Å²) in [4.78, 5) is 37.8. The minimum absolute atomic E-state index is 0.0780. The number of anilines is 1. The molecule has 0 radical (unpaired) electrons. The molecule has 148 valence electrons. The van der Waals surface area contributed by atoms with Gasteiger partial charge in [0.2, 0.25) is 5.91 Å². The van der Waals surface area contributed by atoms with Crippen molar-refractivity contribution in [1.82, 2.24) is 0 Å². The lowest BCUT2D eigenvalue weighted by atomic mass is 10.1. The van der Waals surface area contributed by atoms with Gasteiger partial charge in [0.25, 0.3) is 0 Å². The molecule has 29 heavy (non-hydrogen) atoms. The van der Waals surface area contributed by atoms with Crippen LogP contribution in [0.2, 0.25) is 0 Å². The van der Waals surface area contributed by atoms with Crippen LogP contribution in [0.4, 0.5) is 5.69 Å². The Kier molecular flexibility index (Phi) is 6.25. The number of ketones is 1. The monoisotopic (exact) mass is 392 g/mol. The molecule has 1 fully saturated rings. The third kappa shape index (κ3) is 4.99. The van der Waals surface area contributed by atoms with Gasteiger partial charge in [-0.05, 0) is 61.9 Å². The average molecular weight is 392 g/mol. The van der Waals surface area contributed by atoms with Crippen molar-refractivity contribution in [3.8, 4) is 11.8 Å². The summed E-state index contributed by atoms with van der Waals surface area (Å²) in [5.41, 5.74) is 1.64. The molecule has 1 atom stereocenters. The minimum atomic E-state index is -0.903. The second kappa shape index (κ2) is 9.02. The first kappa shape index (κ1) is 20.1. The van der Waals surface area contributed by atoms with Gasteiger partial charge < -0.3 is 14.4 Å². The van der Waals surface area contributed by atoms with E-state index in [0.717, 1.165) is 12.1 Å². The van der Waals surface area contributed by atoms with Crippen LogP contribution in [0.5, 0.6) is 5.75 Å². The lowest BCUT2D eigenvalue weighted by molar-refractivity contribution is -0.149. The summed E-state index contributed by atoms with van der Waals surface area (Å²) in [6.45, 7) is 1.80. The largest absolute Gasteiger partial charge is 0.479 e. The topological polar surface area (TPSA) is 96.7 Å². The first-order valence-corrected chi connectivity index (χ1v) is 9.25. The maximum atomic E-state index is 12.3. The predicted molar refractivity (Wildman–Crippen MR) is 105 cm³/mol. The van der Waals surface area contributed by atoms with Crippen LogP contribution >= 0.6 is 0 Å². The van der Waals surface area contributed by atoms with Gasteiger partial charge in [-0.1, -0.05) is 0 Å². The molecular weight excluding hydrogens is 372 g/mol. The summed E-state index contributed by atoms with van der Waals surface area (Å²) in [6.07, 6.45) is 0.469. The second-order valence-corrected chi connectivity index (χ2v) is 6.62. The van der Waals surface area contributed by atoms with Crippen LogP contribution in [0.15, 0.2) is 48.5 Å². The van der Waals surface area contributed by atoms with Gasteiger partial charge in [-0.25, -0.2) is 4.79 Å². The zero-order valence-corrected chi connectivity index (χ0v) is 16.0. The third-order valence-electron chi connectivity index (χ3n) is 4.55. The molecule has 7 nitrogen and oxygen atoms in total. The number of esters is 1. The van der Waals surface area contributed by atoms with E-state index in [-0.39, 0.29) is 11.7 Å². The Hall–Kier alpha value is -3.66. The molecule has 1 aliphatic heterocycles. The Bertz CT molecular complexity index is 945. The summed E-state index contributed by atoms with van der Waals surface area (Å²) < 4.78 is 10.5. The van der Waals surface area contributed by atoms with E-state index < -0.39 is 18.7 Å². The molecule has 1 amide bonds. The Morgan fingerprint density at radius 3 is 2.41 bits per heavy atom. The summed E-state index contributed by atoms with van der Waals surface area (Å²) >= 11 is 0. The van der Waals surface area contributed by atoms with Crippen molar-refractivity contribution in [3.05, 3.63) is 59.7 Å². The smallest absolute Gasteiger partial charge is 0.347 e. The molecule has 1 heterocycles. The molecular formula is C22H20N2O5. The van der Waals surface area contributed by atoms with Crippen LogP contribution in [0, 0.1) is 11.3 Å². The van der Waals surface area contributed by atoms with Gasteiger partial charge in [0.05, 0.1) is 11.6 Å². The van der Waals surface area contributed by atoms with Crippen molar-refractivity contribution in [2.24, 2.45) is 0 Å². The maximum absolute atomic E-state index is 12.3. The van der Waals surface area contributed by atoms with Crippen molar-refractivity contribution in [3.63, 3.8) is 0 Å². The number of nitriles is 1. The highest BCUT2D eigenvalue weighted by molar-refractivity contribution is 5.99. The number of ether oxygens (including phenoxy) is 2. The van der Waals surface area contributed by atoms with Gasteiger partial charge >= 0.3 is 5.97 Å². The average Bonchev–Trinajstić information content (AvgIpc) is 3.18. The number of benzene rings is 2. The number of carbonyl (C=O) groups is 3. The van der Waals surface area contributed by atoms with Gasteiger partial charge in [0, 0.05) is 24.2 Å². The number of nitrogens with zero attached hydrogens (tertiary/aromatic N) is 2. The van der Waals surface area contributed by atoms with Gasteiger partial charge in [-0.2, -0.15) is 5.26 Å². The summed E-state index contributed by atoms with van der Waals surface area (Å²) in [5.74, 6) is -0.508. The second-order valence-electron chi connectivity index (χ2n) is 6.62. The van der Waals surface area contributed by atoms with Crippen molar-refractivity contribution in [1.29, 1.82) is 5.26 Å². The number of Topliss-reactive ketones (excluding diaryl/α,β-unsaturated/α-hetero) is 1. The molecule has 0 saturated carbocycles. The molecule has 0 bridgehead atoms. The van der Waals surface area contributed by atoms with Gasteiger partial charge in [0.15, 0.2) is 18.5 Å². The fraction of sp³-hybridized carbons (Fsp3) is 0.273. The molecule has 0 N–H and O–H groups in total. The fourth-order valence-electron chi connectivity index (χ4n) is 2.95. The molecule has 3 rings (SSSR count). The Labute approximate surface area is 168 Å². The zero-order chi connectivity index (χ0) is 20.8. The molecule has 0 unspecified atom stereocenters. The summed E-state index contributed by atoms with van der Waals surface area (Å²) in [6, 6.07) is 15.0. The summed E-state index contributed by atoms with van der Waals surface area (Å²) in [7, 11) is 0. The van der Waals surface area contributed by atoms with Gasteiger partial charge in [-0.3, -0.25) is 9.59 Å². The molecule has 1 saturated heterocycles. The highest BCUT2D eigenvalue weighted by atomic mass is 16.6. The standard InChI is InChI=1S/C22H20N2O5/c1-15(29-19-10-4-16(13-23)5-11-19)22(27)28-14-20(25)17-6-8-18(9-7-17)24-12-2-3-21(24)26/h4-11,15H,2-3,12,14H2,1H3/t15-/m1/s1. The fourth-order valence-corrected chi connectivity index (χ4v) is 2.95. The molecule has 0 aromatic heterocycles. The molecule has 0 spiro atoms. The van der Waals surface area contributed by atoms with Crippen LogP contribution in [0.3, 0.4) is 0 Å². The van der Waals surface area contributed by atoms with Crippen molar-refractivity contribution >= 4 is 23.3 Å². The van der Waals surface area contributed by atoms with E-state index in [0.29, 0.717) is 29.8 Å². The molecule has 2 aromatic carbocycles. The van der Waals surface area contributed by atoms with E-state index in [2.05, 4.69) is 0 Å². The third-order valence-corrected chi connectivity index (χ3v) is 4.55. The van der Waals surface area contributed by atoms with Crippen LogP contribution in [-0.4, -0.2) is 36.9 Å². The van der Waals surface area contributed by atoms with Gasteiger partial charge in [0.1, 0.15) is 5.75 Å². The van der Waals surface area contributed by atoms with Gasteiger partial charge in [-0.15, -0.1) is 0 Å². The van der Waals surface area contributed by atoms with E-state index in [4.69, 9.17) is 14.7 Å². The first-order chi connectivity index (χ1) is 14.0. The number of hydrogen-bond acceptors (Lipinski definition) is 6. The molecule has 1 aliphatic rings. The van der Waals surface area contributed by atoms with Crippen molar-refractivity contribution in [2.75, 3.05) is 18.1 Å². The zero-order valence-electron chi connectivity index (χ0n) is 16.0. The summed E-state index contributed by atoms with van der Waals surface area (Å²) in [5, 5.41) is 8.78.